The smallest absolute Gasteiger partial charge is 0.264 e. The molecule has 0 radical (unpaired) electrons. The average Bonchev–Trinajstić information content (AvgIpc) is 2.89. The van der Waals surface area contributed by atoms with Crippen LogP contribution >= 0.6 is 0 Å². The Kier molecular flexibility index (Phi) is 4.84. The largest absolute Gasteiger partial charge is 0.493 e. The van der Waals surface area contributed by atoms with Crippen molar-refractivity contribution in [3.63, 3.8) is 0 Å². The van der Waals surface area contributed by atoms with Gasteiger partial charge in [-0.05, 0) is 43.2 Å². The minimum Gasteiger partial charge on any atom is -0.493 e. The zero-order valence-corrected chi connectivity index (χ0v) is 15.1. The van der Waals surface area contributed by atoms with Gasteiger partial charge < -0.3 is 15.2 Å². The molecule has 0 bridgehead atoms. The maximum absolute atomic E-state index is 12.9. The van der Waals surface area contributed by atoms with Crippen molar-refractivity contribution >= 4 is 17.5 Å². The number of carbonyl (C=O) groups excluding carboxylic acids is 2. The fourth-order valence-corrected chi connectivity index (χ4v) is 3.35. The lowest BCUT2D eigenvalue weighted by molar-refractivity contribution is 0.0578. The van der Waals surface area contributed by atoms with E-state index >= 15 is 0 Å². The molecule has 2 amide bonds. The van der Waals surface area contributed by atoms with Gasteiger partial charge >= 0.3 is 0 Å². The van der Waals surface area contributed by atoms with Gasteiger partial charge in [-0.25, -0.2) is 0 Å². The highest BCUT2D eigenvalue weighted by molar-refractivity contribution is 6.23. The Hall–Kier alpha value is -3.02. The van der Waals surface area contributed by atoms with Gasteiger partial charge in [0.15, 0.2) is 11.5 Å². The fraction of sp³-hybridized carbons (Fsp3) is 0.300. The van der Waals surface area contributed by atoms with Crippen molar-refractivity contribution in [2.75, 3.05) is 19.5 Å². The maximum Gasteiger partial charge on any atom is 0.264 e. The first kappa shape index (κ1) is 17.8. The first-order valence-electron chi connectivity index (χ1n) is 8.60. The van der Waals surface area contributed by atoms with Gasteiger partial charge in [0.2, 0.25) is 0 Å². The molecule has 136 valence electrons. The molecule has 6 nitrogen and oxygen atoms in total. The van der Waals surface area contributed by atoms with Gasteiger partial charge in [0.25, 0.3) is 11.8 Å². The maximum atomic E-state index is 12.9. The Morgan fingerprint density at radius 2 is 1.85 bits per heavy atom. The second-order valence-electron chi connectivity index (χ2n) is 6.02. The Morgan fingerprint density at radius 3 is 2.46 bits per heavy atom. The number of carbonyl (C=O) groups is 2. The van der Waals surface area contributed by atoms with Crippen molar-refractivity contribution in [3.05, 3.63) is 53.1 Å². The van der Waals surface area contributed by atoms with Gasteiger partial charge in [-0.2, -0.15) is 0 Å². The third-order valence-corrected chi connectivity index (χ3v) is 4.55. The molecule has 1 heterocycles. The van der Waals surface area contributed by atoms with Crippen LogP contribution < -0.4 is 15.2 Å². The Labute approximate surface area is 152 Å². The van der Waals surface area contributed by atoms with E-state index in [4.69, 9.17) is 15.2 Å². The van der Waals surface area contributed by atoms with Crippen LogP contribution in [0.2, 0.25) is 0 Å². The molecule has 26 heavy (non-hydrogen) atoms. The van der Waals surface area contributed by atoms with E-state index < -0.39 is 6.04 Å². The molecular weight excluding hydrogens is 332 g/mol. The Balaban J connectivity index is 2.03. The van der Waals surface area contributed by atoms with E-state index in [1.807, 2.05) is 26.0 Å². The van der Waals surface area contributed by atoms with Crippen molar-refractivity contribution in [3.8, 4) is 11.5 Å². The molecule has 2 aromatic carbocycles. The lowest BCUT2D eigenvalue weighted by Crippen LogP contribution is -2.34. The topological polar surface area (TPSA) is 81.9 Å². The van der Waals surface area contributed by atoms with Crippen LogP contribution in [0.4, 0.5) is 5.69 Å². The van der Waals surface area contributed by atoms with Gasteiger partial charge in [0.05, 0.1) is 30.9 Å². The number of hydrogen-bond acceptors (Lipinski definition) is 5. The van der Waals surface area contributed by atoms with Crippen LogP contribution in [-0.2, 0) is 0 Å². The number of hydrogen-bond donors (Lipinski definition) is 1. The summed E-state index contributed by atoms with van der Waals surface area (Å²) in [5.41, 5.74) is 7.70. The zero-order chi connectivity index (χ0) is 18.8. The highest BCUT2D eigenvalue weighted by Gasteiger charge is 2.41. The van der Waals surface area contributed by atoms with Crippen molar-refractivity contribution in [1.82, 2.24) is 4.90 Å². The molecule has 1 atom stereocenters. The molecule has 2 N–H and O–H groups in total. The zero-order valence-electron chi connectivity index (χ0n) is 15.1. The summed E-state index contributed by atoms with van der Waals surface area (Å²) in [6.45, 7) is 4.30. The van der Waals surface area contributed by atoms with E-state index in [0.717, 1.165) is 5.56 Å². The van der Waals surface area contributed by atoms with E-state index in [9.17, 15) is 9.59 Å². The summed E-state index contributed by atoms with van der Waals surface area (Å²) in [6, 6.07) is 10.0. The summed E-state index contributed by atoms with van der Waals surface area (Å²) in [6.07, 6.45) is 0.573. The third kappa shape index (κ3) is 2.77. The summed E-state index contributed by atoms with van der Waals surface area (Å²) in [5, 5.41) is 0. The number of nitrogens with zero attached hydrogens (tertiary/aromatic N) is 1. The van der Waals surface area contributed by atoms with Crippen molar-refractivity contribution in [2.45, 2.75) is 26.3 Å². The molecule has 0 aliphatic carbocycles. The molecule has 0 fully saturated rings. The number of benzene rings is 2. The number of nitrogens with two attached hydrogens (primary N) is 1. The van der Waals surface area contributed by atoms with E-state index in [1.165, 1.54) is 4.90 Å². The van der Waals surface area contributed by atoms with Crippen LogP contribution in [0.15, 0.2) is 36.4 Å². The minimum atomic E-state index is -0.410. The monoisotopic (exact) mass is 354 g/mol. The van der Waals surface area contributed by atoms with Crippen LogP contribution in [0, 0.1) is 0 Å². The van der Waals surface area contributed by atoms with Crippen molar-refractivity contribution in [1.29, 1.82) is 0 Å². The van der Waals surface area contributed by atoms with Gasteiger partial charge in [0, 0.05) is 5.69 Å². The molecule has 6 heteroatoms. The predicted octanol–water partition coefficient (Wildman–Crippen LogP) is 3.42. The molecule has 0 saturated heterocycles. The third-order valence-electron chi connectivity index (χ3n) is 4.55. The summed E-state index contributed by atoms with van der Waals surface area (Å²) in [5.74, 6) is 0.515. The predicted molar refractivity (Wildman–Crippen MR) is 98.5 cm³/mol. The van der Waals surface area contributed by atoms with Gasteiger partial charge in [-0.1, -0.05) is 19.1 Å². The van der Waals surface area contributed by atoms with Crippen molar-refractivity contribution < 1.29 is 19.1 Å². The van der Waals surface area contributed by atoms with Gasteiger partial charge in [-0.15, -0.1) is 0 Å². The van der Waals surface area contributed by atoms with Crippen LogP contribution in [-0.4, -0.2) is 30.4 Å². The number of fused-ring (bicyclic) bond motifs is 1. The number of amides is 2. The Bertz CT molecular complexity index is 863. The van der Waals surface area contributed by atoms with Crippen LogP contribution in [0.3, 0.4) is 0 Å². The number of methoxy groups -OCH3 is 1. The number of imide groups is 1. The molecule has 2 aromatic rings. The average molecular weight is 354 g/mol. The van der Waals surface area contributed by atoms with E-state index in [-0.39, 0.29) is 17.4 Å². The Morgan fingerprint density at radius 1 is 1.08 bits per heavy atom. The normalized spacial score (nSPS) is 14.3. The van der Waals surface area contributed by atoms with Crippen LogP contribution in [0.25, 0.3) is 0 Å². The molecular formula is C20H22N2O4. The summed E-state index contributed by atoms with van der Waals surface area (Å²) >= 11 is 0. The molecule has 0 saturated carbocycles. The standard InChI is InChI=1S/C20H22N2O4/c1-4-15(12-9-10-16(25-3)17(11-12)26-5-2)22-19(23)13-7-6-8-14(21)18(13)20(22)24/h6-11,15H,4-5,21H2,1-3H3/t15-/m1/s1. The van der Waals surface area contributed by atoms with E-state index in [0.29, 0.717) is 35.8 Å². The van der Waals surface area contributed by atoms with E-state index in [1.54, 1.807) is 31.4 Å². The summed E-state index contributed by atoms with van der Waals surface area (Å²) in [4.78, 5) is 27.1. The highest BCUT2D eigenvalue weighted by Crippen LogP contribution is 2.38. The number of nitrogen functional groups attached to an aromatic ring is 1. The molecule has 1 aliphatic rings. The lowest BCUT2D eigenvalue weighted by Gasteiger charge is -2.26. The summed E-state index contributed by atoms with van der Waals surface area (Å²) in [7, 11) is 1.57. The molecule has 0 aromatic heterocycles. The second-order valence-corrected chi connectivity index (χ2v) is 6.02. The quantitative estimate of drug-likeness (QED) is 0.635. The van der Waals surface area contributed by atoms with Gasteiger partial charge in [0.1, 0.15) is 0 Å². The summed E-state index contributed by atoms with van der Waals surface area (Å²) < 4.78 is 10.9. The first-order valence-corrected chi connectivity index (χ1v) is 8.60. The highest BCUT2D eigenvalue weighted by atomic mass is 16.5. The van der Waals surface area contributed by atoms with Gasteiger partial charge in [-0.3, -0.25) is 14.5 Å². The van der Waals surface area contributed by atoms with Crippen molar-refractivity contribution in [2.24, 2.45) is 0 Å². The van der Waals surface area contributed by atoms with E-state index in [2.05, 4.69) is 0 Å². The molecule has 0 spiro atoms. The minimum absolute atomic E-state index is 0.287. The first-order chi connectivity index (χ1) is 12.5. The number of rotatable bonds is 6. The number of ether oxygens (including phenoxy) is 2. The fourth-order valence-electron chi connectivity index (χ4n) is 3.35. The van der Waals surface area contributed by atoms with Crippen LogP contribution in [0.1, 0.15) is 52.6 Å². The second kappa shape index (κ2) is 7.07. The SMILES string of the molecule is CCOc1cc([C@@H](CC)N2C(=O)c3cccc(N)c3C2=O)ccc1OC. The lowest BCUT2D eigenvalue weighted by atomic mass is 10.0. The van der Waals surface area contributed by atoms with Crippen LogP contribution in [0.5, 0.6) is 11.5 Å². The molecule has 3 rings (SSSR count). The molecule has 0 unspecified atom stereocenters. The molecule has 1 aliphatic heterocycles. The number of anilines is 1.